The van der Waals surface area contributed by atoms with Crippen molar-refractivity contribution >= 4 is 5.69 Å². The quantitative estimate of drug-likeness (QED) is 0.794. The molecule has 0 bridgehead atoms. The molecule has 1 N–H and O–H groups in total. The van der Waals surface area contributed by atoms with Crippen LogP contribution in [-0.2, 0) is 0 Å². The van der Waals surface area contributed by atoms with Gasteiger partial charge in [-0.3, -0.25) is 0 Å². The first kappa shape index (κ1) is 9.16. The number of aliphatic hydroxyl groups is 1. The molecule has 2 atom stereocenters. The van der Waals surface area contributed by atoms with Crippen molar-refractivity contribution in [1.29, 1.82) is 0 Å². The summed E-state index contributed by atoms with van der Waals surface area (Å²) in [7, 11) is 0. The second kappa shape index (κ2) is 3.20. The van der Waals surface area contributed by atoms with Crippen LogP contribution in [0.15, 0.2) is 24.3 Å². The highest BCUT2D eigenvalue weighted by atomic mass is 19.1. The molecule has 80 valence electrons. The minimum absolute atomic E-state index is 0.139. The highest BCUT2D eigenvalue weighted by Crippen LogP contribution is 2.52. The van der Waals surface area contributed by atoms with Gasteiger partial charge in [-0.25, -0.2) is 4.39 Å². The Hall–Kier alpha value is -1.09. The van der Waals surface area contributed by atoms with Crippen molar-refractivity contribution in [2.45, 2.75) is 0 Å². The Bertz CT molecular complexity index is 370. The zero-order valence-corrected chi connectivity index (χ0v) is 8.44. The predicted molar refractivity (Wildman–Crippen MR) is 56.2 cm³/mol. The van der Waals surface area contributed by atoms with E-state index >= 15 is 0 Å². The number of benzene rings is 1. The van der Waals surface area contributed by atoms with E-state index in [1.54, 1.807) is 6.07 Å². The standard InChI is InChI=1S/C12H14FNO/c13-11-3-1-2-4-12(11)14-5-8-9(6-14)10(8)7-15/h1-4,8-10,15H,5-7H2. The maximum atomic E-state index is 13.5. The van der Waals surface area contributed by atoms with Crippen LogP contribution >= 0.6 is 0 Å². The molecule has 15 heavy (non-hydrogen) atoms. The maximum Gasteiger partial charge on any atom is 0.146 e. The molecule has 1 aromatic rings. The lowest BCUT2D eigenvalue weighted by atomic mass is 10.2. The number of anilines is 1. The third-order valence-corrected chi connectivity index (χ3v) is 3.78. The topological polar surface area (TPSA) is 23.5 Å². The Balaban J connectivity index is 1.75. The Morgan fingerprint density at radius 1 is 1.27 bits per heavy atom. The van der Waals surface area contributed by atoms with Crippen LogP contribution in [0.1, 0.15) is 0 Å². The van der Waals surface area contributed by atoms with Crippen molar-refractivity contribution < 1.29 is 9.50 Å². The van der Waals surface area contributed by atoms with Crippen LogP contribution in [0.25, 0.3) is 0 Å². The van der Waals surface area contributed by atoms with Gasteiger partial charge in [-0.15, -0.1) is 0 Å². The summed E-state index contributed by atoms with van der Waals surface area (Å²) in [5.41, 5.74) is 0.710. The summed E-state index contributed by atoms with van der Waals surface area (Å²) in [5, 5.41) is 9.03. The number of para-hydroxylation sites is 1. The lowest BCUT2D eigenvalue weighted by Crippen LogP contribution is -2.25. The van der Waals surface area contributed by atoms with Crippen LogP contribution in [-0.4, -0.2) is 24.8 Å². The zero-order valence-electron chi connectivity index (χ0n) is 8.44. The van der Waals surface area contributed by atoms with Crippen LogP contribution in [0.4, 0.5) is 10.1 Å². The number of nitrogens with zero attached hydrogens (tertiary/aromatic N) is 1. The van der Waals surface area contributed by atoms with E-state index in [0.29, 0.717) is 30.0 Å². The van der Waals surface area contributed by atoms with Crippen LogP contribution in [0.3, 0.4) is 0 Å². The fraction of sp³-hybridized carbons (Fsp3) is 0.500. The lowest BCUT2D eigenvalue weighted by Gasteiger charge is -2.22. The molecule has 1 aliphatic carbocycles. The fourth-order valence-electron chi connectivity index (χ4n) is 2.83. The Kier molecular flexibility index (Phi) is 1.96. The van der Waals surface area contributed by atoms with Crippen molar-refractivity contribution in [3.63, 3.8) is 0 Å². The first-order chi connectivity index (χ1) is 7.31. The molecule has 1 saturated heterocycles. The highest BCUT2D eigenvalue weighted by Gasteiger charge is 2.55. The summed E-state index contributed by atoms with van der Waals surface area (Å²) in [6.45, 7) is 2.09. The molecule has 2 aliphatic rings. The molecule has 0 aromatic heterocycles. The average Bonchev–Trinajstić information content (AvgIpc) is 2.72. The average molecular weight is 207 g/mol. The van der Waals surface area contributed by atoms with Gasteiger partial charge in [0.05, 0.1) is 5.69 Å². The first-order valence-electron chi connectivity index (χ1n) is 5.41. The molecule has 2 unspecified atom stereocenters. The van der Waals surface area contributed by atoms with Gasteiger partial charge in [0.1, 0.15) is 5.82 Å². The monoisotopic (exact) mass is 207 g/mol. The Labute approximate surface area is 88.3 Å². The van der Waals surface area contributed by atoms with Crippen molar-refractivity contribution in [3.8, 4) is 0 Å². The molecule has 3 rings (SSSR count). The van der Waals surface area contributed by atoms with E-state index in [9.17, 15) is 4.39 Å². The minimum Gasteiger partial charge on any atom is -0.396 e. The normalized spacial score (nSPS) is 32.9. The van der Waals surface area contributed by atoms with Gasteiger partial charge in [0.25, 0.3) is 0 Å². The van der Waals surface area contributed by atoms with Crippen LogP contribution in [0.5, 0.6) is 0 Å². The first-order valence-corrected chi connectivity index (χ1v) is 5.41. The summed E-state index contributed by atoms with van der Waals surface area (Å²) >= 11 is 0. The molecule has 1 aliphatic heterocycles. The van der Waals surface area contributed by atoms with Gasteiger partial charge in [-0.05, 0) is 29.9 Å². The Morgan fingerprint density at radius 2 is 1.93 bits per heavy atom. The second-order valence-corrected chi connectivity index (χ2v) is 4.53. The molecule has 2 nitrogen and oxygen atoms in total. The molecule has 0 radical (unpaired) electrons. The number of aliphatic hydroxyl groups excluding tert-OH is 1. The van der Waals surface area contributed by atoms with Crippen LogP contribution in [0.2, 0.25) is 0 Å². The van der Waals surface area contributed by atoms with Gasteiger partial charge in [0, 0.05) is 19.7 Å². The smallest absolute Gasteiger partial charge is 0.146 e. The van der Waals surface area contributed by atoms with Crippen molar-refractivity contribution in [1.82, 2.24) is 0 Å². The third-order valence-electron chi connectivity index (χ3n) is 3.78. The summed E-state index contributed by atoms with van der Waals surface area (Å²) in [5.74, 6) is 1.52. The van der Waals surface area contributed by atoms with Gasteiger partial charge in [-0.1, -0.05) is 12.1 Å². The van der Waals surface area contributed by atoms with E-state index in [1.807, 2.05) is 12.1 Å². The maximum absolute atomic E-state index is 13.5. The largest absolute Gasteiger partial charge is 0.396 e. The minimum atomic E-state index is -0.139. The summed E-state index contributed by atoms with van der Waals surface area (Å²) in [6.07, 6.45) is 0. The molecule has 3 heteroatoms. The van der Waals surface area contributed by atoms with Crippen LogP contribution in [0, 0.1) is 23.6 Å². The summed E-state index contributed by atoms with van der Waals surface area (Å²) in [6, 6.07) is 6.91. The van der Waals surface area contributed by atoms with Gasteiger partial charge in [-0.2, -0.15) is 0 Å². The summed E-state index contributed by atoms with van der Waals surface area (Å²) < 4.78 is 13.5. The third kappa shape index (κ3) is 1.34. The molecule has 0 spiro atoms. The molecule has 1 heterocycles. The lowest BCUT2D eigenvalue weighted by molar-refractivity contribution is 0.260. The molecule has 1 aromatic carbocycles. The molecular weight excluding hydrogens is 193 g/mol. The summed E-state index contributed by atoms with van der Waals surface area (Å²) in [4.78, 5) is 2.09. The number of rotatable bonds is 2. The van der Waals surface area contributed by atoms with E-state index in [1.165, 1.54) is 6.07 Å². The number of piperidine rings is 1. The number of hydrogen-bond acceptors (Lipinski definition) is 2. The van der Waals surface area contributed by atoms with E-state index < -0.39 is 0 Å². The van der Waals surface area contributed by atoms with Gasteiger partial charge < -0.3 is 10.0 Å². The van der Waals surface area contributed by atoms with Gasteiger partial charge in [0.2, 0.25) is 0 Å². The molecule has 1 saturated carbocycles. The predicted octanol–water partition coefficient (Wildman–Crippen LogP) is 1.50. The highest BCUT2D eigenvalue weighted by molar-refractivity contribution is 5.50. The zero-order chi connectivity index (χ0) is 10.4. The Morgan fingerprint density at radius 3 is 2.53 bits per heavy atom. The van der Waals surface area contributed by atoms with Crippen molar-refractivity contribution in [3.05, 3.63) is 30.1 Å². The van der Waals surface area contributed by atoms with E-state index in [0.717, 1.165) is 13.1 Å². The molecular formula is C12H14FNO. The van der Waals surface area contributed by atoms with Gasteiger partial charge >= 0.3 is 0 Å². The SMILES string of the molecule is OCC1C2CN(c3ccccc3F)CC12. The van der Waals surface area contributed by atoms with Gasteiger partial charge in [0.15, 0.2) is 0 Å². The van der Waals surface area contributed by atoms with E-state index in [2.05, 4.69) is 4.90 Å². The number of fused-ring (bicyclic) bond motifs is 1. The number of hydrogen-bond donors (Lipinski definition) is 1. The number of halogens is 1. The molecule has 0 amide bonds. The van der Waals surface area contributed by atoms with Crippen LogP contribution < -0.4 is 4.90 Å². The fourth-order valence-corrected chi connectivity index (χ4v) is 2.83. The molecule has 2 fully saturated rings. The second-order valence-electron chi connectivity index (χ2n) is 4.53. The van der Waals surface area contributed by atoms with Crippen molar-refractivity contribution in [2.75, 3.05) is 24.6 Å². The van der Waals surface area contributed by atoms with E-state index in [-0.39, 0.29) is 5.82 Å². The van der Waals surface area contributed by atoms with E-state index in [4.69, 9.17) is 5.11 Å². The van der Waals surface area contributed by atoms with Crippen molar-refractivity contribution in [2.24, 2.45) is 17.8 Å².